The number of esters is 1. The SMILES string of the molecule is COc1ccc(-c2nc(COC(=O)Cn3nnc(-c4ccc(C)cc4)n3)cs2)cc1OC. The van der Waals surface area contributed by atoms with Crippen molar-refractivity contribution < 1.29 is 19.0 Å². The van der Waals surface area contributed by atoms with Gasteiger partial charge in [-0.25, -0.2) is 9.78 Å². The van der Waals surface area contributed by atoms with Crippen LogP contribution >= 0.6 is 11.3 Å². The van der Waals surface area contributed by atoms with Crippen LogP contribution in [0.5, 0.6) is 11.5 Å². The van der Waals surface area contributed by atoms with Crippen molar-refractivity contribution in [1.29, 1.82) is 0 Å². The summed E-state index contributed by atoms with van der Waals surface area (Å²) in [6.45, 7) is 1.93. The first-order chi connectivity index (χ1) is 15.6. The van der Waals surface area contributed by atoms with Crippen molar-refractivity contribution in [3.05, 3.63) is 59.1 Å². The molecule has 164 valence electrons. The van der Waals surface area contributed by atoms with E-state index in [1.54, 1.807) is 14.2 Å². The van der Waals surface area contributed by atoms with Gasteiger partial charge in [0.2, 0.25) is 5.82 Å². The van der Waals surface area contributed by atoms with Crippen LogP contribution in [0.4, 0.5) is 0 Å². The predicted molar refractivity (Wildman–Crippen MR) is 118 cm³/mol. The largest absolute Gasteiger partial charge is 0.493 e. The zero-order chi connectivity index (χ0) is 22.5. The Bertz CT molecular complexity index is 1220. The summed E-state index contributed by atoms with van der Waals surface area (Å²) in [7, 11) is 3.17. The number of hydrogen-bond acceptors (Lipinski definition) is 9. The lowest BCUT2D eigenvalue weighted by atomic mass is 10.1. The minimum Gasteiger partial charge on any atom is -0.493 e. The maximum absolute atomic E-state index is 12.2. The highest BCUT2D eigenvalue weighted by Gasteiger charge is 2.13. The van der Waals surface area contributed by atoms with E-state index in [2.05, 4.69) is 20.4 Å². The number of thiazole rings is 1. The van der Waals surface area contributed by atoms with Crippen LogP contribution in [0.3, 0.4) is 0 Å². The highest BCUT2D eigenvalue weighted by Crippen LogP contribution is 2.33. The number of nitrogens with zero attached hydrogens (tertiary/aromatic N) is 5. The van der Waals surface area contributed by atoms with E-state index in [-0.39, 0.29) is 13.2 Å². The standard InChI is InChI=1S/C22H21N5O4S/c1-14-4-6-15(7-5-14)21-24-26-27(25-21)11-20(28)31-12-17-13-32-22(23-17)16-8-9-18(29-2)19(10-16)30-3/h4-10,13H,11-12H2,1-3H3. The van der Waals surface area contributed by atoms with Gasteiger partial charge in [-0.15, -0.1) is 21.5 Å². The van der Waals surface area contributed by atoms with Gasteiger partial charge in [0, 0.05) is 16.5 Å². The van der Waals surface area contributed by atoms with Crippen molar-refractivity contribution in [2.24, 2.45) is 0 Å². The number of carbonyl (C=O) groups is 1. The number of benzene rings is 2. The zero-order valence-electron chi connectivity index (χ0n) is 17.8. The quantitative estimate of drug-likeness (QED) is 0.375. The second-order valence-corrected chi connectivity index (χ2v) is 7.74. The van der Waals surface area contributed by atoms with Gasteiger partial charge in [-0.2, -0.15) is 4.80 Å². The van der Waals surface area contributed by atoms with Crippen molar-refractivity contribution in [2.45, 2.75) is 20.1 Å². The highest BCUT2D eigenvalue weighted by molar-refractivity contribution is 7.13. The number of hydrogen-bond donors (Lipinski definition) is 0. The van der Waals surface area contributed by atoms with Crippen molar-refractivity contribution in [3.63, 3.8) is 0 Å². The Morgan fingerprint density at radius 2 is 1.78 bits per heavy atom. The summed E-state index contributed by atoms with van der Waals surface area (Å²) in [5, 5.41) is 14.8. The van der Waals surface area contributed by atoms with Crippen LogP contribution in [0, 0.1) is 6.92 Å². The molecule has 2 heterocycles. The Morgan fingerprint density at radius 1 is 1.03 bits per heavy atom. The molecule has 0 N–H and O–H groups in total. The molecule has 0 atom stereocenters. The van der Waals surface area contributed by atoms with Crippen LogP contribution in [0.15, 0.2) is 47.8 Å². The average molecular weight is 452 g/mol. The third kappa shape index (κ3) is 4.92. The molecule has 0 fully saturated rings. The summed E-state index contributed by atoms with van der Waals surface area (Å²) in [5.74, 6) is 1.25. The number of aryl methyl sites for hydroxylation is 1. The fourth-order valence-electron chi connectivity index (χ4n) is 2.92. The molecular weight excluding hydrogens is 430 g/mol. The molecule has 0 radical (unpaired) electrons. The van der Waals surface area contributed by atoms with E-state index in [0.29, 0.717) is 23.0 Å². The van der Waals surface area contributed by atoms with E-state index in [4.69, 9.17) is 14.2 Å². The molecule has 0 amide bonds. The predicted octanol–water partition coefficient (Wildman–Crippen LogP) is 3.53. The van der Waals surface area contributed by atoms with Crippen LogP contribution in [0.25, 0.3) is 22.0 Å². The molecular formula is C22H21N5O4S. The lowest BCUT2D eigenvalue weighted by Gasteiger charge is -2.08. The molecule has 0 unspecified atom stereocenters. The fraction of sp³-hybridized carbons (Fsp3) is 0.227. The molecule has 0 saturated carbocycles. The Kier molecular flexibility index (Phi) is 6.41. The summed E-state index contributed by atoms with van der Waals surface area (Å²) in [6.07, 6.45) is 0. The van der Waals surface area contributed by atoms with E-state index in [0.717, 1.165) is 21.7 Å². The normalized spacial score (nSPS) is 10.7. The van der Waals surface area contributed by atoms with Crippen LogP contribution in [-0.2, 0) is 22.7 Å². The minimum absolute atomic E-state index is 0.0577. The average Bonchev–Trinajstić information content (AvgIpc) is 3.47. The Labute approximate surface area is 188 Å². The van der Waals surface area contributed by atoms with E-state index >= 15 is 0 Å². The first-order valence-electron chi connectivity index (χ1n) is 9.73. The Balaban J connectivity index is 1.34. The maximum Gasteiger partial charge on any atom is 0.330 e. The molecule has 0 aliphatic carbocycles. The van der Waals surface area contributed by atoms with Crippen LogP contribution in [0.1, 0.15) is 11.3 Å². The Hall–Kier alpha value is -3.79. The number of aromatic nitrogens is 5. The maximum atomic E-state index is 12.2. The Morgan fingerprint density at radius 3 is 2.53 bits per heavy atom. The molecule has 0 aliphatic rings. The molecule has 0 bridgehead atoms. The van der Waals surface area contributed by atoms with Gasteiger partial charge in [0.25, 0.3) is 0 Å². The van der Waals surface area contributed by atoms with Gasteiger partial charge >= 0.3 is 5.97 Å². The molecule has 10 heteroatoms. The van der Waals surface area contributed by atoms with E-state index < -0.39 is 5.97 Å². The fourth-order valence-corrected chi connectivity index (χ4v) is 3.72. The topological polar surface area (TPSA) is 101 Å². The van der Waals surface area contributed by atoms with Crippen LogP contribution in [0.2, 0.25) is 0 Å². The zero-order valence-corrected chi connectivity index (χ0v) is 18.6. The van der Waals surface area contributed by atoms with Gasteiger partial charge in [0.1, 0.15) is 11.6 Å². The van der Waals surface area contributed by atoms with E-state index in [1.807, 2.05) is 54.8 Å². The molecule has 0 saturated heterocycles. The second kappa shape index (κ2) is 9.56. The molecule has 2 aromatic heterocycles. The summed E-state index contributed by atoms with van der Waals surface area (Å²) >= 11 is 1.45. The summed E-state index contributed by atoms with van der Waals surface area (Å²) in [4.78, 5) is 18.0. The van der Waals surface area contributed by atoms with Gasteiger partial charge in [-0.05, 0) is 30.3 Å². The van der Waals surface area contributed by atoms with Crippen molar-refractivity contribution in [1.82, 2.24) is 25.2 Å². The van der Waals surface area contributed by atoms with E-state index in [1.165, 1.54) is 16.1 Å². The van der Waals surface area contributed by atoms with Crippen molar-refractivity contribution >= 4 is 17.3 Å². The van der Waals surface area contributed by atoms with Gasteiger partial charge < -0.3 is 14.2 Å². The minimum atomic E-state index is -0.474. The summed E-state index contributed by atoms with van der Waals surface area (Å²) in [5.41, 5.74) is 3.52. The van der Waals surface area contributed by atoms with Gasteiger partial charge in [-0.3, -0.25) is 0 Å². The number of tetrazole rings is 1. The monoisotopic (exact) mass is 451 g/mol. The summed E-state index contributed by atoms with van der Waals surface area (Å²) < 4.78 is 15.9. The molecule has 0 aliphatic heterocycles. The smallest absolute Gasteiger partial charge is 0.330 e. The van der Waals surface area contributed by atoms with Crippen molar-refractivity contribution in [2.75, 3.05) is 14.2 Å². The van der Waals surface area contributed by atoms with E-state index in [9.17, 15) is 4.79 Å². The summed E-state index contributed by atoms with van der Waals surface area (Å²) in [6, 6.07) is 13.3. The van der Waals surface area contributed by atoms with Crippen molar-refractivity contribution in [3.8, 4) is 33.5 Å². The van der Waals surface area contributed by atoms with Gasteiger partial charge in [-0.1, -0.05) is 29.8 Å². The molecule has 4 rings (SSSR count). The number of ether oxygens (including phenoxy) is 3. The molecule has 4 aromatic rings. The van der Waals surface area contributed by atoms with Gasteiger partial charge in [0.15, 0.2) is 18.0 Å². The second-order valence-electron chi connectivity index (χ2n) is 6.88. The van der Waals surface area contributed by atoms with Crippen LogP contribution < -0.4 is 9.47 Å². The van der Waals surface area contributed by atoms with Gasteiger partial charge in [0.05, 0.1) is 19.9 Å². The molecule has 9 nitrogen and oxygen atoms in total. The number of carbonyl (C=O) groups excluding carboxylic acids is 1. The van der Waals surface area contributed by atoms with Crippen LogP contribution in [-0.4, -0.2) is 45.4 Å². The lowest BCUT2D eigenvalue weighted by molar-refractivity contribution is -0.146. The molecule has 0 spiro atoms. The molecule has 32 heavy (non-hydrogen) atoms. The first kappa shape index (κ1) is 21.4. The number of methoxy groups -OCH3 is 2. The lowest BCUT2D eigenvalue weighted by Crippen LogP contribution is -2.15. The third-order valence-corrected chi connectivity index (χ3v) is 5.54. The highest BCUT2D eigenvalue weighted by atomic mass is 32.1. The first-order valence-corrected chi connectivity index (χ1v) is 10.6. The molecule has 2 aromatic carbocycles. The number of rotatable bonds is 8. The third-order valence-electron chi connectivity index (χ3n) is 4.60.